The Balaban J connectivity index is 1.62. The minimum atomic E-state index is -0.448. The summed E-state index contributed by atoms with van der Waals surface area (Å²) in [5, 5.41) is 0. The molecule has 0 bridgehead atoms. The van der Waals surface area contributed by atoms with Gasteiger partial charge in [-0.25, -0.2) is 0 Å². The standard InChI is InChI=1S/C19H15N3O3/c23-18(21-22-19(24)15-7-5-11-20-13-15)14-6-4-10-17(12-14)25-16-8-2-1-3-9-16/h1-13H,(H,21,23)(H,22,24). The smallest absolute Gasteiger partial charge is 0.271 e. The Hall–Kier alpha value is -3.67. The van der Waals surface area contributed by atoms with Gasteiger partial charge in [-0.15, -0.1) is 0 Å². The van der Waals surface area contributed by atoms with Crippen LogP contribution in [0.3, 0.4) is 0 Å². The van der Waals surface area contributed by atoms with Gasteiger partial charge in [0.2, 0.25) is 0 Å². The summed E-state index contributed by atoms with van der Waals surface area (Å²) >= 11 is 0. The van der Waals surface area contributed by atoms with Crippen molar-refractivity contribution >= 4 is 11.8 Å². The highest BCUT2D eigenvalue weighted by Crippen LogP contribution is 2.21. The molecule has 1 aromatic heterocycles. The Morgan fingerprint density at radius 2 is 1.44 bits per heavy atom. The molecule has 2 amide bonds. The lowest BCUT2D eigenvalue weighted by atomic mass is 10.2. The van der Waals surface area contributed by atoms with Crippen LogP contribution in [-0.4, -0.2) is 16.8 Å². The monoisotopic (exact) mass is 333 g/mol. The molecule has 0 saturated carbocycles. The molecular formula is C19H15N3O3. The number of hydrogen-bond donors (Lipinski definition) is 2. The van der Waals surface area contributed by atoms with Crippen LogP contribution in [0, 0.1) is 0 Å². The molecule has 2 N–H and O–H groups in total. The van der Waals surface area contributed by atoms with E-state index in [0.717, 1.165) is 0 Å². The zero-order valence-electron chi connectivity index (χ0n) is 13.2. The third kappa shape index (κ3) is 4.42. The lowest BCUT2D eigenvalue weighted by Crippen LogP contribution is -2.41. The van der Waals surface area contributed by atoms with E-state index in [1.807, 2.05) is 30.3 Å². The number of hydrogen-bond acceptors (Lipinski definition) is 4. The van der Waals surface area contributed by atoms with Gasteiger partial charge in [-0.1, -0.05) is 24.3 Å². The number of aromatic nitrogens is 1. The number of amides is 2. The minimum Gasteiger partial charge on any atom is -0.457 e. The van der Waals surface area contributed by atoms with E-state index in [9.17, 15) is 9.59 Å². The molecule has 25 heavy (non-hydrogen) atoms. The maximum absolute atomic E-state index is 12.2. The van der Waals surface area contributed by atoms with Crippen molar-refractivity contribution in [1.82, 2.24) is 15.8 Å². The number of carbonyl (C=O) groups is 2. The van der Waals surface area contributed by atoms with Gasteiger partial charge in [0.1, 0.15) is 11.5 Å². The normalized spacial score (nSPS) is 9.92. The van der Waals surface area contributed by atoms with Crippen molar-refractivity contribution in [2.45, 2.75) is 0 Å². The fourth-order valence-electron chi connectivity index (χ4n) is 2.08. The molecular weight excluding hydrogens is 318 g/mol. The van der Waals surface area contributed by atoms with E-state index in [4.69, 9.17) is 4.74 Å². The number of rotatable bonds is 4. The molecule has 124 valence electrons. The summed E-state index contributed by atoms with van der Waals surface area (Å²) in [4.78, 5) is 27.9. The van der Waals surface area contributed by atoms with Crippen molar-refractivity contribution in [3.05, 3.63) is 90.3 Å². The van der Waals surface area contributed by atoms with Crippen LogP contribution < -0.4 is 15.6 Å². The van der Waals surface area contributed by atoms with Crippen LogP contribution in [0.15, 0.2) is 79.1 Å². The molecule has 0 aliphatic heterocycles. The maximum Gasteiger partial charge on any atom is 0.271 e. The van der Waals surface area contributed by atoms with E-state index >= 15 is 0 Å². The first-order valence-corrected chi connectivity index (χ1v) is 7.56. The summed E-state index contributed by atoms with van der Waals surface area (Å²) < 4.78 is 5.69. The van der Waals surface area contributed by atoms with Gasteiger partial charge in [0.05, 0.1) is 5.56 Å². The van der Waals surface area contributed by atoms with Gasteiger partial charge in [-0.05, 0) is 42.5 Å². The average Bonchev–Trinajstić information content (AvgIpc) is 2.67. The Morgan fingerprint density at radius 3 is 2.16 bits per heavy atom. The highest BCUT2D eigenvalue weighted by molar-refractivity contribution is 5.99. The van der Waals surface area contributed by atoms with Crippen LogP contribution in [-0.2, 0) is 0 Å². The van der Waals surface area contributed by atoms with Gasteiger partial charge in [-0.2, -0.15) is 0 Å². The SMILES string of the molecule is O=C(NNC(=O)c1cccc(Oc2ccccc2)c1)c1cccnc1. The summed E-state index contributed by atoms with van der Waals surface area (Å²) in [6.07, 6.45) is 2.98. The quantitative estimate of drug-likeness (QED) is 0.719. The van der Waals surface area contributed by atoms with Crippen LogP contribution in [0.5, 0.6) is 11.5 Å². The second-order valence-electron chi connectivity index (χ2n) is 5.09. The molecule has 3 aromatic rings. The number of carbonyl (C=O) groups excluding carboxylic acids is 2. The Labute approximate surface area is 144 Å². The molecule has 6 nitrogen and oxygen atoms in total. The topological polar surface area (TPSA) is 80.3 Å². The van der Waals surface area contributed by atoms with Crippen LogP contribution in [0.25, 0.3) is 0 Å². The summed E-state index contributed by atoms with van der Waals surface area (Å²) in [5.74, 6) is 0.302. The summed E-state index contributed by atoms with van der Waals surface area (Å²) in [6.45, 7) is 0. The molecule has 0 aliphatic rings. The minimum absolute atomic E-state index is 0.351. The Kier molecular flexibility index (Phi) is 5.01. The van der Waals surface area contributed by atoms with Crippen LogP contribution in [0.1, 0.15) is 20.7 Å². The first-order chi connectivity index (χ1) is 12.2. The molecule has 0 aliphatic carbocycles. The zero-order chi connectivity index (χ0) is 17.5. The van der Waals surface area contributed by atoms with Crippen molar-refractivity contribution in [3.63, 3.8) is 0 Å². The van der Waals surface area contributed by atoms with Crippen molar-refractivity contribution in [2.75, 3.05) is 0 Å². The molecule has 2 aromatic carbocycles. The van der Waals surface area contributed by atoms with Crippen LogP contribution in [0.2, 0.25) is 0 Å². The average molecular weight is 333 g/mol. The van der Waals surface area contributed by atoms with Crippen molar-refractivity contribution in [3.8, 4) is 11.5 Å². The van der Waals surface area contributed by atoms with Gasteiger partial charge in [0.25, 0.3) is 11.8 Å². The number of ether oxygens (including phenoxy) is 1. The largest absolute Gasteiger partial charge is 0.457 e. The van der Waals surface area contributed by atoms with E-state index in [-0.39, 0.29) is 0 Å². The van der Waals surface area contributed by atoms with E-state index < -0.39 is 11.8 Å². The fraction of sp³-hybridized carbons (Fsp3) is 0. The Morgan fingerprint density at radius 1 is 0.760 bits per heavy atom. The molecule has 0 unspecified atom stereocenters. The molecule has 6 heteroatoms. The van der Waals surface area contributed by atoms with E-state index in [1.54, 1.807) is 42.6 Å². The number of benzene rings is 2. The van der Waals surface area contributed by atoms with Crippen LogP contribution >= 0.6 is 0 Å². The third-order valence-electron chi connectivity index (χ3n) is 3.29. The van der Waals surface area contributed by atoms with E-state index in [0.29, 0.717) is 22.6 Å². The van der Waals surface area contributed by atoms with Crippen molar-refractivity contribution in [1.29, 1.82) is 0 Å². The number of nitrogens with one attached hydrogen (secondary N) is 2. The van der Waals surface area contributed by atoms with Crippen LogP contribution in [0.4, 0.5) is 0 Å². The molecule has 0 fully saturated rings. The zero-order valence-corrected chi connectivity index (χ0v) is 13.2. The summed E-state index contributed by atoms with van der Waals surface area (Å²) in [7, 11) is 0. The highest BCUT2D eigenvalue weighted by Gasteiger charge is 2.10. The number of nitrogens with zero attached hydrogens (tertiary/aromatic N) is 1. The predicted octanol–water partition coefficient (Wildman–Crippen LogP) is 2.95. The highest BCUT2D eigenvalue weighted by atomic mass is 16.5. The molecule has 0 atom stereocenters. The lowest BCUT2D eigenvalue weighted by molar-refractivity contribution is 0.0846. The number of hydrazine groups is 1. The fourth-order valence-corrected chi connectivity index (χ4v) is 2.08. The van der Waals surface area contributed by atoms with Crippen molar-refractivity contribution in [2.24, 2.45) is 0 Å². The molecule has 3 rings (SSSR count). The van der Waals surface area contributed by atoms with Gasteiger partial charge >= 0.3 is 0 Å². The third-order valence-corrected chi connectivity index (χ3v) is 3.29. The maximum atomic E-state index is 12.2. The molecule has 0 spiro atoms. The summed E-state index contributed by atoms with van der Waals surface area (Å²) in [6, 6.07) is 19.2. The van der Waals surface area contributed by atoms with E-state index in [1.165, 1.54) is 6.20 Å². The van der Waals surface area contributed by atoms with Crippen molar-refractivity contribution < 1.29 is 14.3 Å². The summed E-state index contributed by atoms with van der Waals surface area (Å²) in [5.41, 5.74) is 5.43. The molecule has 1 heterocycles. The first-order valence-electron chi connectivity index (χ1n) is 7.56. The molecule has 0 saturated heterocycles. The Bertz CT molecular complexity index is 867. The van der Waals surface area contributed by atoms with Gasteiger partial charge in [-0.3, -0.25) is 25.4 Å². The number of para-hydroxylation sites is 1. The molecule has 0 radical (unpaired) electrons. The number of pyridine rings is 1. The lowest BCUT2D eigenvalue weighted by Gasteiger charge is -2.09. The first kappa shape index (κ1) is 16.2. The predicted molar refractivity (Wildman–Crippen MR) is 92.1 cm³/mol. The second kappa shape index (κ2) is 7.74. The van der Waals surface area contributed by atoms with Gasteiger partial charge in [0.15, 0.2) is 0 Å². The van der Waals surface area contributed by atoms with Gasteiger partial charge in [0, 0.05) is 18.0 Å². The van der Waals surface area contributed by atoms with Gasteiger partial charge < -0.3 is 4.74 Å². The second-order valence-corrected chi connectivity index (χ2v) is 5.09. The van der Waals surface area contributed by atoms with E-state index in [2.05, 4.69) is 15.8 Å².